The van der Waals surface area contributed by atoms with Gasteiger partial charge in [0.25, 0.3) is 10.0 Å². The summed E-state index contributed by atoms with van der Waals surface area (Å²) in [7, 11) is -2.21. The van der Waals surface area contributed by atoms with Crippen LogP contribution in [-0.2, 0) is 36.2 Å². The molecule has 35 heavy (non-hydrogen) atoms. The SMILES string of the molecule is Cn1cnc(S(=O)(=O)N2CC3c4ccccc4CCC3C2NCc2ccc(C(F)(F)F)cc2Cl)c1. The van der Waals surface area contributed by atoms with Crippen LogP contribution in [0.3, 0.4) is 0 Å². The molecule has 0 amide bonds. The van der Waals surface area contributed by atoms with Crippen LogP contribution in [0.1, 0.15) is 34.6 Å². The second kappa shape index (κ2) is 8.92. The van der Waals surface area contributed by atoms with Crippen molar-refractivity contribution in [3.8, 4) is 0 Å². The lowest BCUT2D eigenvalue weighted by Crippen LogP contribution is -2.47. The monoisotopic (exact) mass is 524 g/mol. The average Bonchev–Trinajstić information content (AvgIpc) is 3.42. The zero-order valence-corrected chi connectivity index (χ0v) is 20.4. The van der Waals surface area contributed by atoms with Crippen molar-refractivity contribution in [2.24, 2.45) is 13.0 Å². The van der Waals surface area contributed by atoms with E-state index in [9.17, 15) is 21.6 Å². The van der Waals surface area contributed by atoms with Crippen molar-refractivity contribution in [3.05, 3.63) is 82.3 Å². The second-order valence-corrected chi connectivity index (χ2v) is 11.3. The molecule has 3 aromatic rings. The summed E-state index contributed by atoms with van der Waals surface area (Å²) in [6.45, 7) is 0.416. The average molecular weight is 525 g/mol. The topological polar surface area (TPSA) is 67.2 Å². The number of nitrogens with zero attached hydrogens (tertiary/aromatic N) is 3. The van der Waals surface area contributed by atoms with Gasteiger partial charge in [-0.05, 0) is 47.6 Å². The zero-order valence-electron chi connectivity index (χ0n) is 18.8. The zero-order chi connectivity index (χ0) is 25.0. The van der Waals surface area contributed by atoms with Crippen molar-refractivity contribution >= 4 is 21.6 Å². The van der Waals surface area contributed by atoms with E-state index in [1.807, 2.05) is 18.2 Å². The van der Waals surface area contributed by atoms with Crippen LogP contribution in [0.15, 0.2) is 60.0 Å². The molecule has 3 unspecified atom stereocenters. The Labute approximate surface area is 206 Å². The van der Waals surface area contributed by atoms with E-state index >= 15 is 0 Å². The Morgan fingerprint density at radius 2 is 1.97 bits per heavy atom. The number of aryl methyl sites for hydroxylation is 2. The summed E-state index contributed by atoms with van der Waals surface area (Å²) in [6, 6.07) is 11.3. The molecule has 1 aliphatic heterocycles. The van der Waals surface area contributed by atoms with Crippen molar-refractivity contribution < 1.29 is 21.6 Å². The highest BCUT2D eigenvalue weighted by Crippen LogP contribution is 2.46. The van der Waals surface area contributed by atoms with Crippen LogP contribution in [0.4, 0.5) is 13.2 Å². The van der Waals surface area contributed by atoms with E-state index in [1.165, 1.54) is 28.5 Å². The molecule has 1 N–H and O–H groups in total. The van der Waals surface area contributed by atoms with Gasteiger partial charge in [-0.1, -0.05) is 41.9 Å². The summed E-state index contributed by atoms with van der Waals surface area (Å²) in [5.41, 5.74) is 2.00. The minimum absolute atomic E-state index is 0.000912. The molecule has 186 valence electrons. The number of alkyl halides is 3. The van der Waals surface area contributed by atoms with Crippen molar-refractivity contribution in [3.63, 3.8) is 0 Å². The summed E-state index contributed by atoms with van der Waals surface area (Å²) in [4.78, 5) is 4.07. The first-order valence-corrected chi connectivity index (χ1v) is 13.0. The number of hydrogen-bond acceptors (Lipinski definition) is 4. The van der Waals surface area contributed by atoms with Gasteiger partial charge in [0.05, 0.1) is 18.1 Å². The van der Waals surface area contributed by atoms with Crippen LogP contribution in [0, 0.1) is 5.92 Å². The van der Waals surface area contributed by atoms with Crippen LogP contribution < -0.4 is 5.32 Å². The van der Waals surface area contributed by atoms with Crippen molar-refractivity contribution in [2.45, 2.75) is 42.7 Å². The predicted octanol–water partition coefficient (Wildman–Crippen LogP) is 4.56. The van der Waals surface area contributed by atoms with Crippen molar-refractivity contribution in [2.75, 3.05) is 6.54 Å². The Balaban J connectivity index is 1.47. The number of benzene rings is 2. The third kappa shape index (κ3) is 4.48. The van der Waals surface area contributed by atoms with Crippen molar-refractivity contribution in [1.82, 2.24) is 19.2 Å². The smallest absolute Gasteiger partial charge is 0.339 e. The van der Waals surface area contributed by atoms with E-state index in [0.717, 1.165) is 30.5 Å². The highest BCUT2D eigenvalue weighted by Gasteiger charge is 2.49. The number of halogens is 4. The molecule has 5 rings (SSSR count). The van der Waals surface area contributed by atoms with E-state index in [2.05, 4.69) is 16.4 Å². The summed E-state index contributed by atoms with van der Waals surface area (Å²) in [5, 5.41) is 3.25. The number of fused-ring (bicyclic) bond motifs is 3. The van der Waals surface area contributed by atoms with E-state index in [0.29, 0.717) is 12.1 Å². The molecule has 6 nitrogen and oxygen atoms in total. The van der Waals surface area contributed by atoms with Gasteiger partial charge in [0.15, 0.2) is 5.03 Å². The molecule has 1 saturated heterocycles. The van der Waals surface area contributed by atoms with Gasteiger partial charge in [0, 0.05) is 37.3 Å². The van der Waals surface area contributed by atoms with Gasteiger partial charge in [-0.3, -0.25) is 5.32 Å². The van der Waals surface area contributed by atoms with E-state index < -0.39 is 27.9 Å². The fourth-order valence-corrected chi connectivity index (χ4v) is 7.09. The number of imidazole rings is 1. The number of nitrogens with one attached hydrogen (secondary N) is 1. The lowest BCUT2D eigenvalue weighted by molar-refractivity contribution is -0.137. The standard InChI is InChI=1S/C24H24ClF3N4O2S/c1-31-13-22(30-14-31)35(33,34)32-12-20-18-5-3-2-4-15(18)7-9-19(20)23(32)29-11-16-6-8-17(10-21(16)25)24(26,27)28/h2-6,8,10,13-14,19-20,23,29H,7,9,11-12H2,1H3. The Morgan fingerprint density at radius 1 is 1.20 bits per heavy atom. The number of sulfonamides is 1. The number of hydrogen-bond donors (Lipinski definition) is 1. The Kier molecular flexibility index (Phi) is 6.19. The largest absolute Gasteiger partial charge is 0.416 e. The highest BCUT2D eigenvalue weighted by atomic mass is 35.5. The van der Waals surface area contributed by atoms with Crippen LogP contribution in [-0.4, -0.2) is 35.0 Å². The molecule has 3 atom stereocenters. The maximum absolute atomic E-state index is 13.6. The Morgan fingerprint density at radius 3 is 2.66 bits per heavy atom. The molecule has 0 spiro atoms. The maximum atomic E-state index is 13.6. The molecule has 0 bridgehead atoms. The first kappa shape index (κ1) is 24.3. The highest BCUT2D eigenvalue weighted by molar-refractivity contribution is 7.89. The molecule has 11 heteroatoms. The first-order chi connectivity index (χ1) is 16.6. The lowest BCUT2D eigenvalue weighted by Gasteiger charge is -2.32. The van der Waals surface area contributed by atoms with E-state index in [-0.39, 0.29) is 28.4 Å². The molecule has 2 heterocycles. The fourth-order valence-electron chi connectivity index (χ4n) is 5.23. The lowest BCUT2D eigenvalue weighted by atomic mass is 9.76. The van der Waals surface area contributed by atoms with Gasteiger partial charge >= 0.3 is 6.18 Å². The maximum Gasteiger partial charge on any atom is 0.416 e. The first-order valence-electron chi connectivity index (χ1n) is 11.2. The van der Waals surface area contributed by atoms with Gasteiger partial charge in [-0.15, -0.1) is 0 Å². The van der Waals surface area contributed by atoms with Crippen LogP contribution >= 0.6 is 11.6 Å². The Hall–Kier alpha value is -2.40. The molecule has 0 radical (unpaired) electrons. The Bertz CT molecular complexity index is 1360. The normalized spacial score (nSPS) is 22.7. The molecule has 1 aliphatic carbocycles. The summed E-state index contributed by atoms with van der Waals surface area (Å²) < 4.78 is 69.3. The van der Waals surface area contributed by atoms with Crippen molar-refractivity contribution in [1.29, 1.82) is 0 Å². The van der Waals surface area contributed by atoms with Gasteiger partial charge in [-0.2, -0.15) is 17.5 Å². The number of rotatable bonds is 5. The number of aromatic nitrogens is 2. The minimum atomic E-state index is -4.49. The second-order valence-electron chi connectivity index (χ2n) is 9.09. The van der Waals surface area contributed by atoms with Gasteiger partial charge < -0.3 is 4.57 Å². The molecule has 1 aromatic heterocycles. The van der Waals surface area contributed by atoms with E-state index in [1.54, 1.807) is 11.6 Å². The molecular weight excluding hydrogens is 501 g/mol. The van der Waals surface area contributed by atoms with E-state index in [4.69, 9.17) is 11.6 Å². The molecule has 2 aromatic carbocycles. The van der Waals surface area contributed by atoms with Gasteiger partial charge in [-0.25, -0.2) is 13.4 Å². The summed E-state index contributed by atoms with van der Waals surface area (Å²) in [6.07, 6.45) is -0.525. The van der Waals surface area contributed by atoms with Crippen LogP contribution in [0.25, 0.3) is 0 Å². The summed E-state index contributed by atoms with van der Waals surface area (Å²) >= 11 is 6.17. The van der Waals surface area contributed by atoms with Gasteiger partial charge in [0.1, 0.15) is 0 Å². The molecular formula is C24H24ClF3N4O2S. The third-order valence-corrected chi connectivity index (χ3v) is 9.03. The predicted molar refractivity (Wildman–Crippen MR) is 125 cm³/mol. The third-order valence-electron chi connectivity index (χ3n) is 6.95. The summed E-state index contributed by atoms with van der Waals surface area (Å²) in [5.74, 6) is -0.00405. The molecule has 0 saturated carbocycles. The fraction of sp³-hybridized carbons (Fsp3) is 0.375. The molecule has 2 aliphatic rings. The van der Waals surface area contributed by atoms with Crippen LogP contribution in [0.5, 0.6) is 0 Å². The minimum Gasteiger partial charge on any atom is -0.339 e. The van der Waals surface area contributed by atoms with Gasteiger partial charge in [0.2, 0.25) is 0 Å². The molecule has 1 fully saturated rings. The quantitative estimate of drug-likeness (QED) is 0.531. The van der Waals surface area contributed by atoms with Crippen LogP contribution in [0.2, 0.25) is 5.02 Å².